The average molecular weight is 282 g/mol. The van der Waals surface area contributed by atoms with Crippen molar-refractivity contribution >= 4 is 33.9 Å². The predicted molar refractivity (Wildman–Crippen MR) is 65.2 cm³/mol. The zero-order chi connectivity index (χ0) is 13.3. The minimum Gasteiger partial charge on any atom is -0.274 e. The molecule has 0 bridgehead atoms. The van der Waals surface area contributed by atoms with Crippen LogP contribution in [0.15, 0.2) is 0 Å². The van der Waals surface area contributed by atoms with Crippen LogP contribution in [0.5, 0.6) is 0 Å². The third-order valence-corrected chi connectivity index (χ3v) is 2.91. The smallest absolute Gasteiger partial charge is 0.217 e. The molecule has 0 aliphatic carbocycles. The second-order valence-corrected chi connectivity index (χ2v) is 4.66. The molecular weight excluding hydrogens is 272 g/mol. The van der Waals surface area contributed by atoms with Gasteiger partial charge in [0.25, 0.3) is 0 Å². The van der Waals surface area contributed by atoms with Crippen molar-refractivity contribution in [3.8, 4) is 0 Å². The Kier molecular flexibility index (Phi) is 7.79. The van der Waals surface area contributed by atoms with E-state index >= 15 is 0 Å². The molecular formula is C5H10N6O4S2. The van der Waals surface area contributed by atoms with E-state index in [4.69, 9.17) is 10.8 Å². The fourth-order valence-corrected chi connectivity index (χ4v) is 2.08. The number of nitrogens with zero attached hydrogens (tertiary/aromatic N) is 2. The Hall–Kier alpha value is -1.56. The van der Waals surface area contributed by atoms with Gasteiger partial charge in [-0.05, 0) is 6.42 Å². The van der Waals surface area contributed by atoms with E-state index in [0.717, 1.165) is 23.5 Å². The molecule has 0 unspecified atom stereocenters. The second-order valence-electron chi connectivity index (χ2n) is 2.45. The van der Waals surface area contributed by atoms with Crippen LogP contribution in [0.3, 0.4) is 0 Å². The quantitative estimate of drug-likeness (QED) is 0.178. The maximum atomic E-state index is 9.93. The molecule has 0 aliphatic heterocycles. The molecule has 0 saturated carbocycles. The minimum absolute atomic E-state index is 0.265. The molecule has 0 saturated heterocycles. The van der Waals surface area contributed by atoms with Crippen molar-refractivity contribution < 1.29 is 10.1 Å². The van der Waals surface area contributed by atoms with E-state index in [1.807, 2.05) is 0 Å². The van der Waals surface area contributed by atoms with E-state index in [1.54, 1.807) is 10.9 Å². The Morgan fingerprint density at radius 3 is 1.65 bits per heavy atom. The van der Waals surface area contributed by atoms with Gasteiger partial charge in [-0.2, -0.15) is 0 Å². The summed E-state index contributed by atoms with van der Waals surface area (Å²) in [6, 6.07) is 0. The van der Waals surface area contributed by atoms with E-state index in [2.05, 4.69) is 0 Å². The van der Waals surface area contributed by atoms with Gasteiger partial charge in [0.1, 0.15) is 0 Å². The fraction of sp³-hybridized carbons (Fsp3) is 0.600. The molecule has 10 nitrogen and oxygen atoms in total. The molecule has 0 aromatic carbocycles. The Bertz CT molecular complexity index is 294. The standard InChI is InChI=1S/C5H10N6O4S2/c6-4(8-10(12)13)16-2-1-3-17-5(7)9-11(14)15/h1-3H2,(H2,6,8)(H2,7,9). The van der Waals surface area contributed by atoms with Gasteiger partial charge in [0.05, 0.1) is 0 Å². The van der Waals surface area contributed by atoms with Gasteiger partial charge in [-0.25, -0.2) is 20.2 Å². The van der Waals surface area contributed by atoms with Crippen molar-refractivity contribution in [2.24, 2.45) is 0 Å². The summed E-state index contributed by atoms with van der Waals surface area (Å²) in [5.41, 5.74) is 3.37. The first-order chi connectivity index (χ1) is 7.91. The first-order valence-corrected chi connectivity index (χ1v) is 6.13. The van der Waals surface area contributed by atoms with Crippen LogP contribution in [0.2, 0.25) is 0 Å². The van der Waals surface area contributed by atoms with Crippen LogP contribution in [0, 0.1) is 31.0 Å². The van der Waals surface area contributed by atoms with Crippen LogP contribution in [0.25, 0.3) is 0 Å². The van der Waals surface area contributed by atoms with Crippen LogP contribution in [-0.2, 0) is 0 Å². The van der Waals surface area contributed by atoms with E-state index in [-0.39, 0.29) is 10.3 Å². The molecule has 0 radical (unpaired) electrons. The summed E-state index contributed by atoms with van der Waals surface area (Å²) in [6.45, 7) is 0. The number of rotatable bonds is 6. The van der Waals surface area contributed by atoms with E-state index in [0.29, 0.717) is 17.9 Å². The summed E-state index contributed by atoms with van der Waals surface area (Å²) in [5, 5.41) is 31.9. The second kappa shape index (κ2) is 8.58. The molecule has 0 amide bonds. The lowest BCUT2D eigenvalue weighted by atomic mass is 10.6. The summed E-state index contributed by atoms with van der Waals surface area (Å²) in [6.07, 6.45) is 0.568. The molecule has 96 valence electrons. The Labute approximate surface area is 104 Å². The SMILES string of the molecule is N=C(N[N+](=O)[O-])SCCCSC(=N)N[N+](=O)[O-]. The highest BCUT2D eigenvalue weighted by molar-refractivity contribution is 8.14. The summed E-state index contributed by atoms with van der Waals surface area (Å²) < 4.78 is 0. The number of hydrazine groups is 2. The van der Waals surface area contributed by atoms with Gasteiger partial charge in [-0.3, -0.25) is 10.8 Å². The topological polar surface area (TPSA) is 158 Å². The van der Waals surface area contributed by atoms with Gasteiger partial charge in [-0.1, -0.05) is 34.4 Å². The fourth-order valence-electron chi connectivity index (χ4n) is 0.638. The highest BCUT2D eigenvalue weighted by atomic mass is 32.2. The number of nitrogens with one attached hydrogen (secondary N) is 4. The van der Waals surface area contributed by atoms with Gasteiger partial charge in [-0.15, -0.1) is 0 Å². The van der Waals surface area contributed by atoms with Crippen LogP contribution >= 0.6 is 23.5 Å². The summed E-state index contributed by atoms with van der Waals surface area (Å²) >= 11 is 1.93. The first kappa shape index (κ1) is 15.4. The third-order valence-electron chi connectivity index (χ3n) is 1.17. The number of hydrogen-bond donors (Lipinski definition) is 4. The lowest BCUT2D eigenvalue weighted by molar-refractivity contribution is -0.524. The van der Waals surface area contributed by atoms with Crippen molar-refractivity contribution in [2.45, 2.75) is 6.42 Å². The van der Waals surface area contributed by atoms with Crippen LogP contribution in [0.4, 0.5) is 0 Å². The van der Waals surface area contributed by atoms with E-state index < -0.39 is 10.1 Å². The molecule has 0 aliphatic rings. The third kappa shape index (κ3) is 10.7. The molecule has 0 atom stereocenters. The minimum atomic E-state index is -0.819. The zero-order valence-corrected chi connectivity index (χ0v) is 10.1. The van der Waals surface area contributed by atoms with Crippen molar-refractivity contribution in [1.82, 2.24) is 10.9 Å². The van der Waals surface area contributed by atoms with Crippen molar-refractivity contribution in [3.05, 3.63) is 20.2 Å². The Morgan fingerprint density at radius 1 is 1.00 bits per heavy atom. The monoisotopic (exact) mass is 282 g/mol. The van der Waals surface area contributed by atoms with Crippen molar-refractivity contribution in [3.63, 3.8) is 0 Å². The van der Waals surface area contributed by atoms with Crippen LogP contribution in [0.1, 0.15) is 6.42 Å². The van der Waals surface area contributed by atoms with Gasteiger partial charge in [0.2, 0.25) is 10.3 Å². The maximum Gasteiger partial charge on any atom is 0.217 e. The van der Waals surface area contributed by atoms with Gasteiger partial charge in [0, 0.05) is 11.5 Å². The van der Waals surface area contributed by atoms with Crippen molar-refractivity contribution in [2.75, 3.05) is 11.5 Å². The summed E-state index contributed by atoms with van der Waals surface area (Å²) in [7, 11) is 0. The maximum absolute atomic E-state index is 9.93. The normalized spacial score (nSPS) is 9.41. The molecule has 0 aromatic heterocycles. The molecule has 0 aromatic rings. The molecule has 12 heteroatoms. The largest absolute Gasteiger partial charge is 0.274 e. The zero-order valence-electron chi connectivity index (χ0n) is 8.47. The predicted octanol–water partition coefficient (Wildman–Crippen LogP) is 0.275. The number of nitro groups is 2. The van der Waals surface area contributed by atoms with Crippen molar-refractivity contribution in [1.29, 1.82) is 10.8 Å². The van der Waals surface area contributed by atoms with E-state index in [1.165, 1.54) is 0 Å². The molecule has 17 heavy (non-hydrogen) atoms. The molecule has 0 spiro atoms. The molecule has 4 N–H and O–H groups in total. The molecule has 0 rings (SSSR count). The highest BCUT2D eigenvalue weighted by Gasteiger charge is 2.05. The molecule has 0 fully saturated rings. The summed E-state index contributed by atoms with van der Waals surface area (Å²) in [5.74, 6) is 0.914. The highest BCUT2D eigenvalue weighted by Crippen LogP contribution is 2.08. The van der Waals surface area contributed by atoms with Gasteiger partial charge >= 0.3 is 0 Å². The number of amidine groups is 2. The Balaban J connectivity index is 3.46. The molecule has 0 heterocycles. The summed E-state index contributed by atoms with van der Waals surface area (Å²) in [4.78, 5) is 19.9. The van der Waals surface area contributed by atoms with Gasteiger partial charge in [0.15, 0.2) is 10.1 Å². The van der Waals surface area contributed by atoms with E-state index in [9.17, 15) is 20.2 Å². The lowest BCUT2D eigenvalue weighted by Crippen LogP contribution is -2.26. The van der Waals surface area contributed by atoms with Crippen LogP contribution in [-0.4, -0.2) is 31.9 Å². The number of thioether (sulfide) groups is 2. The number of hydrogen-bond acceptors (Lipinski definition) is 8. The first-order valence-electron chi connectivity index (χ1n) is 4.16. The lowest BCUT2D eigenvalue weighted by Gasteiger charge is -2.01. The van der Waals surface area contributed by atoms with Gasteiger partial charge < -0.3 is 0 Å². The average Bonchev–Trinajstić information content (AvgIpc) is 2.14. The van der Waals surface area contributed by atoms with Crippen LogP contribution < -0.4 is 10.9 Å². The Morgan fingerprint density at radius 2 is 1.35 bits per heavy atom.